The van der Waals surface area contributed by atoms with E-state index in [1.165, 1.54) is 11.3 Å². The van der Waals surface area contributed by atoms with Crippen molar-refractivity contribution in [3.05, 3.63) is 52.2 Å². The Kier molecular flexibility index (Phi) is 6.51. The molecular formula is C17H17NO5S. The Morgan fingerprint density at radius 3 is 2.62 bits per heavy atom. The lowest BCUT2D eigenvalue weighted by Gasteiger charge is -2.10. The van der Waals surface area contributed by atoms with Crippen LogP contribution in [0, 0.1) is 0 Å². The molecule has 0 aliphatic heterocycles. The summed E-state index contributed by atoms with van der Waals surface area (Å²) in [5.41, 5.74) is 0.335. The fourth-order valence-corrected chi connectivity index (χ4v) is 2.54. The van der Waals surface area contributed by atoms with Crippen molar-refractivity contribution in [2.75, 3.05) is 19.8 Å². The van der Waals surface area contributed by atoms with E-state index < -0.39 is 11.9 Å². The molecule has 2 aromatic rings. The average Bonchev–Trinajstić information content (AvgIpc) is 3.13. The van der Waals surface area contributed by atoms with Crippen molar-refractivity contribution in [3.63, 3.8) is 0 Å². The molecule has 6 nitrogen and oxygen atoms in total. The maximum Gasteiger partial charge on any atom is 0.325 e. The molecule has 0 aliphatic rings. The summed E-state index contributed by atoms with van der Waals surface area (Å²) in [5, 5.41) is 4.22. The van der Waals surface area contributed by atoms with Gasteiger partial charge in [-0.25, -0.2) is 0 Å². The number of esters is 1. The van der Waals surface area contributed by atoms with Crippen LogP contribution >= 0.6 is 11.3 Å². The molecule has 0 fully saturated rings. The molecule has 1 aromatic heterocycles. The Bertz CT molecular complexity index is 712. The third-order valence-electron chi connectivity index (χ3n) is 2.99. The predicted molar refractivity (Wildman–Crippen MR) is 89.6 cm³/mol. The molecule has 2 rings (SSSR count). The molecule has 0 radical (unpaired) electrons. The molecule has 1 N–H and O–H groups in total. The van der Waals surface area contributed by atoms with Crippen LogP contribution in [0.5, 0.6) is 5.75 Å². The second kappa shape index (κ2) is 8.83. The highest BCUT2D eigenvalue weighted by Crippen LogP contribution is 2.17. The highest BCUT2D eigenvalue weighted by atomic mass is 32.1. The average molecular weight is 347 g/mol. The van der Waals surface area contributed by atoms with Gasteiger partial charge in [-0.15, -0.1) is 11.3 Å². The predicted octanol–water partition coefficient (Wildman–Crippen LogP) is 2.30. The molecular weight excluding hydrogens is 330 g/mol. The van der Waals surface area contributed by atoms with Gasteiger partial charge in [0.25, 0.3) is 5.91 Å². The molecule has 24 heavy (non-hydrogen) atoms. The van der Waals surface area contributed by atoms with E-state index >= 15 is 0 Å². The standard InChI is InChI=1S/C17H17NO5S/c1-2-22-14-7-4-3-6-12(14)17(21)18-10-16(20)23-11-13(19)15-8-5-9-24-15/h3-9H,2,10-11H2,1H3,(H,18,21). The van der Waals surface area contributed by atoms with Crippen molar-refractivity contribution in [1.29, 1.82) is 0 Å². The first kappa shape index (κ1) is 17.7. The quantitative estimate of drug-likeness (QED) is 0.585. The van der Waals surface area contributed by atoms with Crippen molar-refractivity contribution in [2.45, 2.75) is 6.92 Å². The second-order valence-corrected chi connectivity index (χ2v) is 5.62. The molecule has 0 saturated carbocycles. The summed E-state index contributed by atoms with van der Waals surface area (Å²) in [7, 11) is 0. The Labute approximate surface area is 143 Å². The first-order valence-corrected chi connectivity index (χ1v) is 8.22. The number of ether oxygens (including phenoxy) is 2. The number of carbonyl (C=O) groups is 3. The smallest absolute Gasteiger partial charge is 0.325 e. The van der Waals surface area contributed by atoms with Crippen LogP contribution in [0.4, 0.5) is 0 Å². The third-order valence-corrected chi connectivity index (χ3v) is 3.90. The SMILES string of the molecule is CCOc1ccccc1C(=O)NCC(=O)OCC(=O)c1cccs1. The summed E-state index contributed by atoms with van der Waals surface area (Å²) in [6, 6.07) is 10.1. The van der Waals surface area contributed by atoms with Gasteiger partial charge in [0.2, 0.25) is 5.78 Å². The molecule has 0 atom stereocenters. The van der Waals surface area contributed by atoms with Crippen molar-refractivity contribution >= 4 is 29.0 Å². The van der Waals surface area contributed by atoms with E-state index in [4.69, 9.17) is 9.47 Å². The zero-order chi connectivity index (χ0) is 17.4. The lowest BCUT2D eigenvalue weighted by molar-refractivity contribution is -0.141. The summed E-state index contributed by atoms with van der Waals surface area (Å²) in [4.78, 5) is 36.0. The highest BCUT2D eigenvalue weighted by Gasteiger charge is 2.15. The summed E-state index contributed by atoms with van der Waals surface area (Å²) in [6.07, 6.45) is 0. The number of carbonyl (C=O) groups excluding carboxylic acids is 3. The Morgan fingerprint density at radius 2 is 1.92 bits per heavy atom. The van der Waals surface area contributed by atoms with Gasteiger partial charge in [-0.2, -0.15) is 0 Å². The van der Waals surface area contributed by atoms with Crippen LogP contribution in [0.1, 0.15) is 27.0 Å². The van der Waals surface area contributed by atoms with Gasteiger partial charge >= 0.3 is 5.97 Å². The molecule has 126 valence electrons. The van der Waals surface area contributed by atoms with Gasteiger partial charge in [-0.3, -0.25) is 14.4 Å². The maximum absolute atomic E-state index is 12.1. The minimum absolute atomic E-state index is 0.272. The van der Waals surface area contributed by atoms with E-state index in [0.717, 1.165) is 0 Å². The number of nitrogens with one attached hydrogen (secondary N) is 1. The van der Waals surface area contributed by atoms with E-state index in [1.807, 2.05) is 6.92 Å². The number of thiophene rings is 1. The zero-order valence-corrected chi connectivity index (χ0v) is 13.9. The van der Waals surface area contributed by atoms with E-state index in [2.05, 4.69) is 5.32 Å². The van der Waals surface area contributed by atoms with Crippen LogP contribution in [0.15, 0.2) is 41.8 Å². The fraction of sp³-hybridized carbons (Fsp3) is 0.235. The molecule has 1 amide bonds. The van der Waals surface area contributed by atoms with Crippen LogP contribution < -0.4 is 10.1 Å². The van der Waals surface area contributed by atoms with E-state index in [0.29, 0.717) is 22.8 Å². The topological polar surface area (TPSA) is 81.7 Å². The van der Waals surface area contributed by atoms with Crippen LogP contribution in [0.25, 0.3) is 0 Å². The molecule has 0 aliphatic carbocycles. The van der Waals surface area contributed by atoms with Crippen LogP contribution in [0.2, 0.25) is 0 Å². The summed E-state index contributed by atoms with van der Waals surface area (Å²) in [6.45, 7) is 1.58. The van der Waals surface area contributed by atoms with E-state index in [9.17, 15) is 14.4 Å². The largest absolute Gasteiger partial charge is 0.493 e. The molecule has 1 aromatic carbocycles. The number of hydrogen-bond donors (Lipinski definition) is 1. The van der Waals surface area contributed by atoms with Gasteiger partial charge in [0.05, 0.1) is 17.0 Å². The molecule has 7 heteroatoms. The molecule has 0 unspecified atom stereocenters. The fourth-order valence-electron chi connectivity index (χ4n) is 1.89. The summed E-state index contributed by atoms with van der Waals surface area (Å²) in [5.74, 6) is -0.951. The summed E-state index contributed by atoms with van der Waals surface area (Å²) < 4.78 is 10.2. The number of benzene rings is 1. The maximum atomic E-state index is 12.1. The van der Waals surface area contributed by atoms with Crippen molar-refractivity contribution in [2.24, 2.45) is 0 Å². The summed E-state index contributed by atoms with van der Waals surface area (Å²) >= 11 is 1.28. The van der Waals surface area contributed by atoms with Gasteiger partial charge in [-0.05, 0) is 30.5 Å². The van der Waals surface area contributed by atoms with E-state index in [-0.39, 0.29) is 18.9 Å². The number of hydrogen-bond acceptors (Lipinski definition) is 6. The molecule has 0 spiro atoms. The van der Waals surface area contributed by atoms with Crippen molar-refractivity contribution < 1.29 is 23.9 Å². The monoisotopic (exact) mass is 347 g/mol. The van der Waals surface area contributed by atoms with Gasteiger partial charge in [0.1, 0.15) is 12.3 Å². The third kappa shape index (κ3) is 4.92. The zero-order valence-electron chi connectivity index (χ0n) is 13.1. The first-order valence-electron chi connectivity index (χ1n) is 7.34. The molecule has 0 bridgehead atoms. The van der Waals surface area contributed by atoms with Crippen LogP contribution in [-0.4, -0.2) is 37.4 Å². The molecule has 0 saturated heterocycles. The minimum Gasteiger partial charge on any atom is -0.493 e. The Morgan fingerprint density at radius 1 is 1.12 bits per heavy atom. The van der Waals surface area contributed by atoms with Gasteiger partial charge in [-0.1, -0.05) is 18.2 Å². The van der Waals surface area contributed by atoms with Crippen LogP contribution in [0.3, 0.4) is 0 Å². The normalized spacial score (nSPS) is 10.0. The van der Waals surface area contributed by atoms with E-state index in [1.54, 1.807) is 41.8 Å². The lowest BCUT2D eigenvalue weighted by Crippen LogP contribution is -2.31. The Balaban J connectivity index is 1.81. The Hall–Kier alpha value is -2.67. The first-order chi connectivity index (χ1) is 11.6. The van der Waals surface area contributed by atoms with Crippen LogP contribution in [-0.2, 0) is 9.53 Å². The minimum atomic E-state index is -0.679. The number of ketones is 1. The van der Waals surface area contributed by atoms with Gasteiger partial charge < -0.3 is 14.8 Å². The highest BCUT2D eigenvalue weighted by molar-refractivity contribution is 7.12. The van der Waals surface area contributed by atoms with Gasteiger partial charge in [0.15, 0.2) is 6.61 Å². The molecule has 1 heterocycles. The lowest BCUT2D eigenvalue weighted by atomic mass is 10.2. The number of para-hydroxylation sites is 1. The number of rotatable bonds is 8. The van der Waals surface area contributed by atoms with Crippen molar-refractivity contribution in [3.8, 4) is 5.75 Å². The second-order valence-electron chi connectivity index (χ2n) is 4.67. The van der Waals surface area contributed by atoms with Gasteiger partial charge in [0, 0.05) is 0 Å². The number of Topliss-reactive ketones (excluding diaryl/α,β-unsaturated/α-hetero) is 1. The number of amides is 1. The van der Waals surface area contributed by atoms with Crippen molar-refractivity contribution in [1.82, 2.24) is 5.32 Å².